The Morgan fingerprint density at radius 1 is 1.29 bits per heavy atom. The number of esters is 1. The molecule has 1 spiro atoms. The molecule has 8 heteroatoms. The number of nitrogens with zero attached hydrogens (tertiary/aromatic N) is 2. The zero-order valence-electron chi connectivity index (χ0n) is 14.1. The lowest BCUT2D eigenvalue weighted by atomic mass is 9.90. The van der Waals surface area contributed by atoms with E-state index in [0.29, 0.717) is 6.54 Å². The molecule has 1 aliphatic carbocycles. The van der Waals surface area contributed by atoms with E-state index in [9.17, 15) is 14.4 Å². The molecule has 0 bridgehead atoms. The van der Waals surface area contributed by atoms with Crippen molar-refractivity contribution in [2.45, 2.75) is 49.3 Å². The van der Waals surface area contributed by atoms with Crippen molar-refractivity contribution in [3.63, 3.8) is 0 Å². The monoisotopic (exact) mass is 355 g/mol. The Morgan fingerprint density at radius 2 is 2.00 bits per heavy atom. The summed E-state index contributed by atoms with van der Waals surface area (Å²) < 4.78 is 4.81. The molecule has 0 aromatic carbocycles. The standard InChI is InChI=1S/C16H25N3O4S/c1-23-13(20)12-10-18(8-9-24-12)11-19-14(21)16(17-15(19)22)6-4-2-3-5-7-16/h12H,2-11H2,1H3,(H,17,22)/t12-/m0/s1. The first-order valence-corrected chi connectivity index (χ1v) is 9.66. The first-order chi connectivity index (χ1) is 11.6. The van der Waals surface area contributed by atoms with E-state index in [-0.39, 0.29) is 29.8 Å². The topological polar surface area (TPSA) is 79.0 Å². The smallest absolute Gasteiger partial charge is 0.326 e. The minimum atomic E-state index is -0.695. The maximum atomic E-state index is 12.9. The maximum absolute atomic E-state index is 12.9. The molecule has 2 aliphatic heterocycles. The Bertz CT molecular complexity index is 519. The Labute approximate surface area is 146 Å². The van der Waals surface area contributed by atoms with E-state index < -0.39 is 5.54 Å². The Hall–Kier alpha value is -1.28. The highest BCUT2D eigenvalue weighted by Gasteiger charge is 2.51. The highest BCUT2D eigenvalue weighted by molar-refractivity contribution is 8.00. The van der Waals surface area contributed by atoms with Gasteiger partial charge >= 0.3 is 12.0 Å². The van der Waals surface area contributed by atoms with E-state index in [2.05, 4.69) is 5.32 Å². The van der Waals surface area contributed by atoms with Crippen LogP contribution >= 0.6 is 11.8 Å². The Kier molecular flexibility index (Phi) is 5.34. The van der Waals surface area contributed by atoms with E-state index in [1.807, 2.05) is 4.90 Å². The highest BCUT2D eigenvalue weighted by Crippen LogP contribution is 2.33. The van der Waals surface area contributed by atoms with Crippen LogP contribution in [0.2, 0.25) is 0 Å². The number of hydrogen-bond acceptors (Lipinski definition) is 6. The van der Waals surface area contributed by atoms with E-state index in [4.69, 9.17) is 4.74 Å². The number of nitrogens with one attached hydrogen (secondary N) is 1. The average molecular weight is 355 g/mol. The quantitative estimate of drug-likeness (QED) is 0.605. The molecule has 24 heavy (non-hydrogen) atoms. The normalized spacial score (nSPS) is 27.9. The molecule has 1 saturated carbocycles. The van der Waals surface area contributed by atoms with Gasteiger partial charge in [-0.3, -0.25) is 14.5 Å². The number of thioether (sulfide) groups is 1. The number of carbonyl (C=O) groups is 3. The lowest BCUT2D eigenvalue weighted by Gasteiger charge is -2.33. The van der Waals surface area contributed by atoms with Crippen LogP contribution in [-0.4, -0.2) is 71.1 Å². The van der Waals surface area contributed by atoms with Gasteiger partial charge in [-0.2, -0.15) is 0 Å². The number of amides is 3. The number of methoxy groups -OCH3 is 1. The zero-order valence-corrected chi connectivity index (χ0v) is 14.9. The molecule has 0 aromatic heterocycles. The summed E-state index contributed by atoms with van der Waals surface area (Å²) in [7, 11) is 1.38. The van der Waals surface area contributed by atoms with E-state index in [1.165, 1.54) is 12.0 Å². The van der Waals surface area contributed by atoms with Gasteiger partial charge in [-0.25, -0.2) is 9.69 Å². The third-order valence-corrected chi connectivity index (χ3v) is 6.32. The summed E-state index contributed by atoms with van der Waals surface area (Å²) in [5.41, 5.74) is -0.695. The molecule has 1 N–H and O–H groups in total. The van der Waals surface area contributed by atoms with Crippen LogP contribution < -0.4 is 5.32 Å². The van der Waals surface area contributed by atoms with E-state index in [0.717, 1.165) is 50.8 Å². The van der Waals surface area contributed by atoms with Crippen LogP contribution in [0.5, 0.6) is 0 Å². The SMILES string of the molecule is COC(=O)[C@@H]1CN(CN2C(=O)NC3(CCCCCC3)C2=O)CCS1. The molecule has 134 valence electrons. The van der Waals surface area contributed by atoms with Gasteiger partial charge in [0.05, 0.1) is 13.8 Å². The molecule has 3 fully saturated rings. The lowest BCUT2D eigenvalue weighted by Crippen LogP contribution is -2.50. The third kappa shape index (κ3) is 3.39. The van der Waals surface area contributed by atoms with Gasteiger partial charge in [-0.05, 0) is 12.8 Å². The Morgan fingerprint density at radius 3 is 2.67 bits per heavy atom. The van der Waals surface area contributed by atoms with Gasteiger partial charge in [0.2, 0.25) is 0 Å². The molecule has 7 nitrogen and oxygen atoms in total. The van der Waals surface area contributed by atoms with Crippen molar-refractivity contribution in [3.05, 3.63) is 0 Å². The van der Waals surface area contributed by atoms with Crippen LogP contribution in [0.25, 0.3) is 0 Å². The van der Waals surface area contributed by atoms with E-state index >= 15 is 0 Å². The summed E-state index contributed by atoms with van der Waals surface area (Å²) in [4.78, 5) is 40.3. The van der Waals surface area contributed by atoms with Crippen molar-refractivity contribution in [2.24, 2.45) is 0 Å². The van der Waals surface area contributed by atoms with Gasteiger partial charge in [0.15, 0.2) is 0 Å². The third-order valence-electron chi connectivity index (χ3n) is 5.16. The van der Waals surface area contributed by atoms with Gasteiger partial charge in [0, 0.05) is 18.8 Å². The highest BCUT2D eigenvalue weighted by atomic mass is 32.2. The van der Waals surface area contributed by atoms with Gasteiger partial charge in [-0.15, -0.1) is 11.8 Å². The van der Waals surface area contributed by atoms with Gasteiger partial charge in [0.1, 0.15) is 10.8 Å². The van der Waals surface area contributed by atoms with Crippen LogP contribution in [0.4, 0.5) is 4.79 Å². The van der Waals surface area contributed by atoms with Crippen LogP contribution in [-0.2, 0) is 14.3 Å². The fraction of sp³-hybridized carbons (Fsp3) is 0.812. The van der Waals surface area contributed by atoms with Gasteiger partial charge in [0.25, 0.3) is 5.91 Å². The van der Waals surface area contributed by atoms with E-state index in [1.54, 1.807) is 11.8 Å². The van der Waals surface area contributed by atoms with Crippen molar-refractivity contribution >= 4 is 29.7 Å². The predicted octanol–water partition coefficient (Wildman–Crippen LogP) is 1.18. The Balaban J connectivity index is 1.65. The summed E-state index contributed by atoms with van der Waals surface area (Å²) in [6.45, 7) is 1.50. The summed E-state index contributed by atoms with van der Waals surface area (Å²) >= 11 is 1.56. The van der Waals surface area contributed by atoms with Crippen molar-refractivity contribution < 1.29 is 19.1 Å². The summed E-state index contributed by atoms with van der Waals surface area (Å²) in [5.74, 6) is 0.443. The molecule has 0 unspecified atom stereocenters. The molecule has 3 aliphatic rings. The molecule has 0 aromatic rings. The summed E-state index contributed by atoms with van der Waals surface area (Å²) in [6, 6.07) is -0.297. The average Bonchev–Trinajstić information content (AvgIpc) is 2.77. The first-order valence-electron chi connectivity index (χ1n) is 8.62. The van der Waals surface area contributed by atoms with Crippen LogP contribution in [0.1, 0.15) is 38.5 Å². The van der Waals surface area contributed by atoms with Gasteiger partial charge < -0.3 is 10.1 Å². The van der Waals surface area contributed by atoms with Crippen molar-refractivity contribution in [2.75, 3.05) is 32.6 Å². The molecule has 2 heterocycles. The molecule has 1 atom stereocenters. The first kappa shape index (κ1) is 17.5. The second-order valence-electron chi connectivity index (χ2n) is 6.76. The number of urea groups is 1. The molecule has 3 rings (SSSR count). The number of hydrogen-bond donors (Lipinski definition) is 1. The second kappa shape index (κ2) is 7.31. The molecule has 2 saturated heterocycles. The minimum Gasteiger partial charge on any atom is -0.468 e. The summed E-state index contributed by atoms with van der Waals surface area (Å²) in [6.07, 6.45) is 5.66. The predicted molar refractivity (Wildman–Crippen MR) is 90.5 cm³/mol. The van der Waals surface area contributed by atoms with Crippen LogP contribution in [0.15, 0.2) is 0 Å². The van der Waals surface area contributed by atoms with Crippen LogP contribution in [0, 0.1) is 0 Å². The second-order valence-corrected chi connectivity index (χ2v) is 8.07. The molecular formula is C16H25N3O4S. The fourth-order valence-electron chi connectivity index (χ4n) is 3.78. The molecule has 0 radical (unpaired) electrons. The molecule has 3 amide bonds. The summed E-state index contributed by atoms with van der Waals surface area (Å²) in [5, 5.41) is 2.70. The maximum Gasteiger partial charge on any atom is 0.326 e. The number of ether oxygens (including phenoxy) is 1. The largest absolute Gasteiger partial charge is 0.468 e. The number of rotatable bonds is 3. The minimum absolute atomic E-state index is 0.0951. The zero-order chi connectivity index (χ0) is 17.2. The number of carbonyl (C=O) groups excluding carboxylic acids is 3. The molecular weight excluding hydrogens is 330 g/mol. The van der Waals surface area contributed by atoms with Gasteiger partial charge in [-0.1, -0.05) is 25.7 Å². The van der Waals surface area contributed by atoms with Crippen molar-refractivity contribution in [3.8, 4) is 0 Å². The number of imide groups is 1. The lowest BCUT2D eigenvalue weighted by molar-refractivity contribution is -0.140. The van der Waals surface area contributed by atoms with Crippen molar-refractivity contribution in [1.82, 2.24) is 15.1 Å². The van der Waals surface area contributed by atoms with Crippen LogP contribution in [0.3, 0.4) is 0 Å². The van der Waals surface area contributed by atoms with Crippen molar-refractivity contribution in [1.29, 1.82) is 0 Å². The fourth-order valence-corrected chi connectivity index (χ4v) is 4.98.